The molecular weight excluding hydrogens is 572 g/mol. The number of carbonyl (C=O) groups is 2. The topological polar surface area (TPSA) is 71.3 Å². The number of hydrogen-bond donors (Lipinski definition) is 0. The first kappa shape index (κ1) is 39.1. The van der Waals surface area contributed by atoms with Gasteiger partial charge in [0.15, 0.2) is 17.4 Å². The number of allylic oxidation sites excluding steroid dienone is 4. The van der Waals surface area contributed by atoms with Gasteiger partial charge in [-0.15, -0.1) is 0 Å². The quantitative estimate of drug-likeness (QED) is 0.167. The molecule has 1 saturated heterocycles. The van der Waals surface area contributed by atoms with E-state index in [4.69, 9.17) is 4.74 Å². The van der Waals surface area contributed by atoms with Gasteiger partial charge in [-0.25, -0.2) is 13.6 Å². The molecule has 1 fully saturated rings. The number of halogens is 2. The summed E-state index contributed by atoms with van der Waals surface area (Å²) in [7, 11) is 1.53. The number of rotatable bonds is 8. The van der Waals surface area contributed by atoms with E-state index in [0.29, 0.717) is 11.3 Å². The Morgan fingerprint density at radius 1 is 1.00 bits per heavy atom. The Morgan fingerprint density at radius 2 is 1.53 bits per heavy atom. The summed E-state index contributed by atoms with van der Waals surface area (Å²) in [5, 5.41) is 7.84. The van der Waals surface area contributed by atoms with Crippen LogP contribution in [-0.2, 0) is 4.74 Å². The molecule has 0 aliphatic carbocycles. The van der Waals surface area contributed by atoms with E-state index in [-0.39, 0.29) is 29.2 Å². The zero-order valence-electron chi connectivity index (χ0n) is 28.5. The number of Topliss-reactive ketones (excluding diaryl/α,β-unsaturated/α-hetero) is 1. The largest absolute Gasteiger partial charge is 0.442 e. The van der Waals surface area contributed by atoms with Gasteiger partial charge < -0.3 is 9.64 Å². The fourth-order valence-electron chi connectivity index (χ4n) is 4.53. The van der Waals surface area contributed by atoms with E-state index < -0.39 is 17.4 Å². The molecule has 246 valence electrons. The summed E-state index contributed by atoms with van der Waals surface area (Å²) >= 11 is 0. The molecule has 1 aliphatic rings. The van der Waals surface area contributed by atoms with E-state index in [9.17, 15) is 18.4 Å². The highest BCUT2D eigenvalue weighted by Crippen LogP contribution is 2.27. The molecule has 45 heavy (non-hydrogen) atoms. The van der Waals surface area contributed by atoms with Crippen LogP contribution >= 0.6 is 0 Å². The second kappa shape index (κ2) is 20.2. The van der Waals surface area contributed by atoms with Crippen LogP contribution < -0.4 is 0 Å². The van der Waals surface area contributed by atoms with Gasteiger partial charge in [-0.1, -0.05) is 90.1 Å². The lowest BCUT2D eigenvalue weighted by Gasteiger charge is -2.30. The number of amides is 1. The highest BCUT2D eigenvalue weighted by atomic mass is 19.2. The van der Waals surface area contributed by atoms with Crippen molar-refractivity contribution in [2.75, 3.05) is 20.1 Å². The van der Waals surface area contributed by atoms with Gasteiger partial charge in [-0.2, -0.15) is 10.2 Å². The van der Waals surface area contributed by atoms with Crippen LogP contribution in [0.4, 0.5) is 13.6 Å². The number of azo groups is 1. The van der Waals surface area contributed by atoms with Crippen LogP contribution in [0.2, 0.25) is 0 Å². The van der Waals surface area contributed by atoms with Crippen molar-refractivity contribution >= 4 is 17.4 Å². The molecule has 1 heterocycles. The first-order valence-electron chi connectivity index (χ1n) is 15.7. The zero-order valence-corrected chi connectivity index (χ0v) is 28.5. The Kier molecular flexibility index (Phi) is 17.5. The van der Waals surface area contributed by atoms with Gasteiger partial charge in [0.05, 0.1) is 11.3 Å². The third-order valence-corrected chi connectivity index (χ3v) is 7.17. The van der Waals surface area contributed by atoms with E-state index >= 15 is 0 Å². The zero-order chi connectivity index (χ0) is 34.1. The molecule has 8 heteroatoms. The molecule has 3 rings (SSSR count). The second-order valence-electron chi connectivity index (χ2n) is 11.5. The standard InChI is InChI=1S/C19H22F2N2O.C15H21NO2.C3H8/c1-7-14(11(2)3)17(23-22-6)10-12(4)15-8-9-16(13(5)24)19(21)18(15)20;1-12-8-10-16(11-9-12)15(17)18-13(2)14-6-4-3-5-7-14;1-3-2/h7-11H,1H2,2-6H3;3-7,12-13H,8-11H2,1-2H3;3H2,1-2H3/b12-10+,17-14-,23-22?;;. The fraction of sp³-hybridized carbons (Fsp3) is 0.459. The summed E-state index contributed by atoms with van der Waals surface area (Å²) in [6, 6.07) is 12.5. The average molecular weight is 624 g/mol. The van der Waals surface area contributed by atoms with E-state index in [0.717, 1.165) is 43.0 Å². The van der Waals surface area contributed by atoms with Crippen molar-refractivity contribution in [2.45, 2.75) is 80.8 Å². The van der Waals surface area contributed by atoms with Crippen LogP contribution in [0.3, 0.4) is 0 Å². The fourth-order valence-corrected chi connectivity index (χ4v) is 4.53. The molecule has 0 bridgehead atoms. The number of nitrogens with zero attached hydrogens (tertiary/aromatic N) is 3. The summed E-state index contributed by atoms with van der Waals surface area (Å²) < 4.78 is 33.8. The minimum atomic E-state index is -1.14. The molecule has 2 aromatic carbocycles. The SMILES string of the molecule is C=C/C(=C(\C=C(/C)c1ccc(C(C)=O)c(F)c1F)N=NC)C(C)C.CC1CCN(C(=O)OC(C)c2ccccc2)CC1.CCC. The maximum absolute atomic E-state index is 14.3. The number of likely N-dealkylation sites (tertiary alicyclic amines) is 1. The molecular formula is C37H51F2N3O3. The van der Waals surface area contributed by atoms with Gasteiger partial charge in [-0.05, 0) is 74.3 Å². The summed E-state index contributed by atoms with van der Waals surface area (Å²) in [4.78, 5) is 25.1. The van der Waals surface area contributed by atoms with Crippen molar-refractivity contribution in [1.82, 2.24) is 4.90 Å². The third kappa shape index (κ3) is 12.5. The van der Waals surface area contributed by atoms with Crippen LogP contribution in [-0.4, -0.2) is 36.9 Å². The predicted octanol–water partition coefficient (Wildman–Crippen LogP) is 10.8. The van der Waals surface area contributed by atoms with Crippen LogP contribution in [0.15, 0.2) is 82.7 Å². The van der Waals surface area contributed by atoms with Crippen LogP contribution in [0.5, 0.6) is 0 Å². The average Bonchev–Trinajstić information content (AvgIpc) is 3.00. The Bertz CT molecular complexity index is 1340. The highest BCUT2D eigenvalue weighted by molar-refractivity contribution is 5.94. The van der Waals surface area contributed by atoms with Gasteiger partial charge >= 0.3 is 6.09 Å². The Labute approximate surface area is 269 Å². The van der Waals surface area contributed by atoms with Crippen molar-refractivity contribution in [2.24, 2.45) is 22.1 Å². The maximum atomic E-state index is 14.3. The van der Waals surface area contributed by atoms with Crippen molar-refractivity contribution in [3.63, 3.8) is 0 Å². The number of piperidine rings is 1. The van der Waals surface area contributed by atoms with Gasteiger partial charge in [0.2, 0.25) is 0 Å². The van der Waals surface area contributed by atoms with Gasteiger partial charge in [-0.3, -0.25) is 4.79 Å². The first-order valence-corrected chi connectivity index (χ1v) is 15.7. The molecule has 1 aliphatic heterocycles. The van der Waals surface area contributed by atoms with E-state index in [2.05, 4.69) is 37.6 Å². The van der Waals surface area contributed by atoms with Crippen LogP contribution in [0, 0.1) is 23.5 Å². The van der Waals surface area contributed by atoms with E-state index in [1.54, 1.807) is 19.1 Å². The molecule has 0 spiro atoms. The van der Waals surface area contributed by atoms with Crippen LogP contribution in [0.25, 0.3) is 5.57 Å². The van der Waals surface area contributed by atoms with Crippen molar-refractivity contribution in [1.29, 1.82) is 0 Å². The molecule has 2 aromatic rings. The van der Waals surface area contributed by atoms with Crippen LogP contribution in [0.1, 0.15) is 102 Å². The monoisotopic (exact) mass is 623 g/mol. The molecule has 0 N–H and O–H groups in total. The molecule has 1 unspecified atom stereocenters. The number of hydrogen-bond acceptors (Lipinski definition) is 5. The number of ketones is 1. The highest BCUT2D eigenvalue weighted by Gasteiger charge is 2.23. The number of ether oxygens (including phenoxy) is 1. The summed E-state index contributed by atoms with van der Waals surface area (Å²) in [6.07, 6.45) is 6.35. The molecule has 6 nitrogen and oxygen atoms in total. The van der Waals surface area contributed by atoms with E-state index in [1.165, 1.54) is 32.5 Å². The second-order valence-corrected chi connectivity index (χ2v) is 11.5. The minimum Gasteiger partial charge on any atom is -0.442 e. The Morgan fingerprint density at radius 3 is 2.02 bits per heavy atom. The smallest absolute Gasteiger partial charge is 0.410 e. The lowest BCUT2D eigenvalue weighted by atomic mass is 9.97. The maximum Gasteiger partial charge on any atom is 0.410 e. The summed E-state index contributed by atoms with van der Waals surface area (Å²) in [5.41, 5.74) is 2.72. The van der Waals surface area contributed by atoms with Gasteiger partial charge in [0.1, 0.15) is 6.10 Å². The lowest BCUT2D eigenvalue weighted by Crippen LogP contribution is -2.38. The number of benzene rings is 2. The van der Waals surface area contributed by atoms with Crippen molar-refractivity contribution < 1.29 is 23.1 Å². The summed E-state index contributed by atoms with van der Waals surface area (Å²) in [6.45, 7) is 20.6. The first-order chi connectivity index (χ1) is 21.3. The van der Waals surface area contributed by atoms with Gasteiger partial charge in [0.25, 0.3) is 0 Å². The normalized spacial score (nSPS) is 14.9. The minimum absolute atomic E-state index is 0.0773. The lowest BCUT2D eigenvalue weighted by molar-refractivity contribution is 0.0599. The van der Waals surface area contributed by atoms with E-state index in [1.807, 2.05) is 56.0 Å². The molecule has 0 saturated carbocycles. The molecule has 0 radical (unpaired) electrons. The van der Waals surface area contributed by atoms with Gasteiger partial charge in [0, 0.05) is 25.7 Å². The molecule has 0 aromatic heterocycles. The van der Waals surface area contributed by atoms with Crippen molar-refractivity contribution in [3.8, 4) is 0 Å². The third-order valence-electron chi connectivity index (χ3n) is 7.17. The molecule has 1 amide bonds. The van der Waals surface area contributed by atoms with Crippen molar-refractivity contribution in [3.05, 3.63) is 101 Å². The Hall–Kier alpha value is -3.94. The Balaban J connectivity index is 0.000000426. The summed E-state index contributed by atoms with van der Waals surface area (Å²) in [5.74, 6) is -1.83. The molecule has 1 atom stereocenters. The number of carbonyl (C=O) groups excluding carboxylic acids is 2. The predicted molar refractivity (Wildman–Crippen MR) is 180 cm³/mol.